The highest BCUT2D eigenvalue weighted by molar-refractivity contribution is 6.14. The molecule has 0 bridgehead atoms. The zero-order valence-corrected chi connectivity index (χ0v) is 34.9. The van der Waals surface area contributed by atoms with E-state index >= 15 is 0 Å². The Labute approximate surface area is 373 Å². The van der Waals surface area contributed by atoms with Crippen LogP contribution in [0.4, 0.5) is 0 Å². The molecular weight excluding hydrogens is 797 g/mol. The molecule has 7 nitrogen and oxygen atoms in total. The van der Waals surface area contributed by atoms with Crippen LogP contribution in [0.5, 0.6) is 0 Å². The molecule has 4 heterocycles. The van der Waals surface area contributed by atoms with Crippen LogP contribution >= 0.6 is 0 Å². The summed E-state index contributed by atoms with van der Waals surface area (Å²) in [5, 5.41) is 4.32. The minimum Gasteiger partial charge on any atom is -0.456 e. The van der Waals surface area contributed by atoms with E-state index in [-0.39, 0.29) is 0 Å². The lowest BCUT2D eigenvalue weighted by Crippen LogP contribution is -2.00. The average Bonchev–Trinajstić information content (AvgIpc) is 4.07. The SMILES string of the molecule is c1ccc(-c2nc(-c3ccccc3)nc(-c3cccc4oc5ccc(-c6ccc7c(c6)c6ccccc6n7-c6cccc(-c7nc8ccccc8n7-c7ccccc7)c6)cc5c34)n2)cc1. The van der Waals surface area contributed by atoms with Crippen molar-refractivity contribution < 1.29 is 4.42 Å². The Morgan fingerprint density at radius 2 is 0.908 bits per heavy atom. The van der Waals surface area contributed by atoms with Crippen molar-refractivity contribution >= 4 is 54.8 Å². The van der Waals surface area contributed by atoms with Crippen LogP contribution in [0.25, 0.3) is 123 Å². The molecule has 0 aliphatic carbocycles. The highest BCUT2D eigenvalue weighted by Crippen LogP contribution is 2.41. The molecule has 0 spiro atoms. The fourth-order valence-corrected chi connectivity index (χ4v) is 9.39. The summed E-state index contributed by atoms with van der Waals surface area (Å²) < 4.78 is 11.1. The van der Waals surface area contributed by atoms with Gasteiger partial charge in [-0.1, -0.05) is 146 Å². The third kappa shape index (κ3) is 6.13. The minimum absolute atomic E-state index is 0.590. The lowest BCUT2D eigenvalue weighted by Gasteiger charge is -2.12. The van der Waals surface area contributed by atoms with Crippen LogP contribution in [0, 0.1) is 0 Å². The lowest BCUT2D eigenvalue weighted by molar-refractivity contribution is 0.669. The third-order valence-corrected chi connectivity index (χ3v) is 12.4. The maximum absolute atomic E-state index is 6.53. The Kier molecular flexibility index (Phi) is 8.39. The molecular formula is C58H36N6O. The lowest BCUT2D eigenvalue weighted by atomic mass is 9.99. The second-order valence-corrected chi connectivity index (χ2v) is 16.3. The zero-order valence-electron chi connectivity index (χ0n) is 34.9. The van der Waals surface area contributed by atoms with Crippen molar-refractivity contribution in [3.8, 4) is 68.1 Å². The van der Waals surface area contributed by atoms with Gasteiger partial charge in [0.25, 0.3) is 0 Å². The number of hydrogen-bond donors (Lipinski definition) is 0. The average molecular weight is 833 g/mol. The van der Waals surface area contributed by atoms with E-state index in [0.717, 1.165) is 94.6 Å². The molecule has 13 rings (SSSR count). The molecule has 4 aromatic heterocycles. The van der Waals surface area contributed by atoms with Gasteiger partial charge in [0, 0.05) is 55.2 Å². The van der Waals surface area contributed by atoms with Gasteiger partial charge < -0.3 is 8.98 Å². The number of fused-ring (bicyclic) bond motifs is 7. The fourth-order valence-electron chi connectivity index (χ4n) is 9.39. The first-order valence-corrected chi connectivity index (χ1v) is 21.7. The molecule has 0 saturated carbocycles. The van der Waals surface area contributed by atoms with Crippen molar-refractivity contribution in [1.29, 1.82) is 0 Å². The maximum atomic E-state index is 6.53. The predicted molar refractivity (Wildman–Crippen MR) is 263 cm³/mol. The van der Waals surface area contributed by atoms with Gasteiger partial charge in [0.2, 0.25) is 0 Å². The monoisotopic (exact) mass is 832 g/mol. The summed E-state index contributed by atoms with van der Waals surface area (Å²) in [7, 11) is 0. The molecule has 9 aromatic carbocycles. The first kappa shape index (κ1) is 36.7. The van der Waals surface area contributed by atoms with Crippen LogP contribution < -0.4 is 0 Å². The van der Waals surface area contributed by atoms with Crippen molar-refractivity contribution in [3.05, 3.63) is 218 Å². The molecule has 7 heteroatoms. The van der Waals surface area contributed by atoms with Crippen LogP contribution in [0.3, 0.4) is 0 Å². The number of imidazole rings is 1. The van der Waals surface area contributed by atoms with E-state index in [9.17, 15) is 0 Å². The number of rotatable bonds is 7. The number of furan rings is 1. The summed E-state index contributed by atoms with van der Waals surface area (Å²) in [6.45, 7) is 0. The van der Waals surface area contributed by atoms with Crippen LogP contribution in [0.2, 0.25) is 0 Å². The van der Waals surface area contributed by atoms with Crippen LogP contribution in [0.15, 0.2) is 223 Å². The van der Waals surface area contributed by atoms with E-state index in [0.29, 0.717) is 17.5 Å². The number of aromatic nitrogens is 6. The Morgan fingerprint density at radius 3 is 1.68 bits per heavy atom. The van der Waals surface area contributed by atoms with Gasteiger partial charge in [0.15, 0.2) is 17.5 Å². The summed E-state index contributed by atoms with van der Waals surface area (Å²) in [5.41, 5.74) is 14.0. The highest BCUT2D eigenvalue weighted by atomic mass is 16.3. The Hall–Kier alpha value is -8.94. The van der Waals surface area contributed by atoms with Crippen LogP contribution in [-0.4, -0.2) is 29.1 Å². The predicted octanol–water partition coefficient (Wildman–Crippen LogP) is 14.5. The number of benzene rings is 9. The molecule has 0 radical (unpaired) electrons. The summed E-state index contributed by atoms with van der Waals surface area (Å²) in [4.78, 5) is 20.3. The molecule has 0 amide bonds. The summed E-state index contributed by atoms with van der Waals surface area (Å²) in [6, 6.07) is 75.7. The first-order valence-electron chi connectivity index (χ1n) is 21.7. The molecule has 0 aliphatic heterocycles. The van der Waals surface area contributed by atoms with E-state index < -0.39 is 0 Å². The number of hydrogen-bond acceptors (Lipinski definition) is 5. The molecule has 0 atom stereocenters. The topological polar surface area (TPSA) is 74.6 Å². The van der Waals surface area contributed by atoms with E-state index in [1.165, 1.54) is 10.8 Å². The van der Waals surface area contributed by atoms with E-state index in [1.54, 1.807) is 0 Å². The minimum atomic E-state index is 0.590. The number of nitrogens with zero attached hydrogens (tertiary/aromatic N) is 6. The van der Waals surface area contributed by atoms with Gasteiger partial charge in [-0.2, -0.15) is 0 Å². The first-order chi connectivity index (χ1) is 32.2. The fraction of sp³-hybridized carbons (Fsp3) is 0. The van der Waals surface area contributed by atoms with Gasteiger partial charge in [0.1, 0.15) is 17.0 Å². The van der Waals surface area contributed by atoms with Gasteiger partial charge in [-0.25, -0.2) is 19.9 Å². The van der Waals surface area contributed by atoms with Crippen molar-refractivity contribution in [2.24, 2.45) is 0 Å². The molecule has 304 valence electrons. The van der Waals surface area contributed by atoms with Gasteiger partial charge >= 0.3 is 0 Å². The molecule has 0 N–H and O–H groups in total. The molecule has 0 aliphatic rings. The summed E-state index contributed by atoms with van der Waals surface area (Å²) in [6.07, 6.45) is 0. The summed E-state index contributed by atoms with van der Waals surface area (Å²) >= 11 is 0. The van der Waals surface area contributed by atoms with E-state index in [2.05, 4.69) is 143 Å². The normalized spacial score (nSPS) is 11.7. The van der Waals surface area contributed by atoms with Gasteiger partial charge in [-0.05, 0) is 83.9 Å². The van der Waals surface area contributed by atoms with E-state index in [1.807, 2.05) is 84.9 Å². The molecule has 65 heavy (non-hydrogen) atoms. The van der Waals surface area contributed by atoms with Crippen molar-refractivity contribution in [3.63, 3.8) is 0 Å². The number of para-hydroxylation sites is 4. The Bertz CT molecular complexity index is 3890. The smallest absolute Gasteiger partial charge is 0.164 e. The second-order valence-electron chi connectivity index (χ2n) is 16.3. The standard InChI is InChI=1S/C58H36N6O/c1-4-16-37(17-5-1)55-60-56(38-18-6-2-7-19-38)62-57(61-55)45-25-15-29-53-54(45)47-36-40(31-33-52(47)65-53)39-30-32-50-46(35-39)44-24-10-12-27-49(44)63(50)43-23-14-20-41(34-43)58-59-48-26-11-13-28-51(48)64(58)42-21-8-3-9-22-42/h1-36H. The van der Waals surface area contributed by atoms with Gasteiger partial charge in [0.05, 0.1) is 22.1 Å². The van der Waals surface area contributed by atoms with Gasteiger partial charge in [-0.3, -0.25) is 4.57 Å². The Morgan fingerprint density at radius 1 is 0.323 bits per heavy atom. The zero-order chi connectivity index (χ0) is 42.8. The second kappa shape index (κ2) is 14.9. The third-order valence-electron chi connectivity index (χ3n) is 12.4. The van der Waals surface area contributed by atoms with E-state index in [4.69, 9.17) is 24.4 Å². The van der Waals surface area contributed by atoms with Gasteiger partial charge in [-0.15, -0.1) is 0 Å². The molecule has 0 unspecified atom stereocenters. The van der Waals surface area contributed by atoms with Crippen LogP contribution in [0.1, 0.15) is 0 Å². The summed E-state index contributed by atoms with van der Waals surface area (Å²) in [5.74, 6) is 2.72. The molecule has 0 saturated heterocycles. The molecule has 0 fully saturated rings. The maximum Gasteiger partial charge on any atom is 0.164 e. The Balaban J connectivity index is 0.944. The molecule has 13 aromatic rings. The quantitative estimate of drug-likeness (QED) is 0.160. The highest BCUT2D eigenvalue weighted by Gasteiger charge is 2.20. The largest absolute Gasteiger partial charge is 0.456 e. The van der Waals surface area contributed by atoms with Crippen molar-refractivity contribution in [2.75, 3.05) is 0 Å². The van der Waals surface area contributed by atoms with Crippen molar-refractivity contribution in [2.45, 2.75) is 0 Å². The van der Waals surface area contributed by atoms with Crippen molar-refractivity contribution in [1.82, 2.24) is 29.1 Å². The van der Waals surface area contributed by atoms with Crippen LogP contribution in [-0.2, 0) is 0 Å².